The molecule has 2 amide bonds. The zero-order valence-corrected chi connectivity index (χ0v) is 13.1. The van der Waals surface area contributed by atoms with Crippen molar-refractivity contribution in [1.82, 2.24) is 20.6 Å². The molecule has 1 aromatic heterocycles. The van der Waals surface area contributed by atoms with Crippen molar-refractivity contribution in [1.29, 1.82) is 0 Å². The molecule has 2 rings (SSSR count). The van der Waals surface area contributed by atoms with Gasteiger partial charge in [-0.05, 0) is 18.2 Å². The van der Waals surface area contributed by atoms with Crippen molar-refractivity contribution in [3.05, 3.63) is 53.9 Å². The monoisotopic (exact) mass is 313 g/mol. The molecule has 120 valence electrons. The lowest BCUT2D eigenvalue weighted by atomic mass is 10.2. The molecule has 0 spiro atoms. The highest BCUT2D eigenvalue weighted by molar-refractivity contribution is 5.96. The van der Waals surface area contributed by atoms with Crippen molar-refractivity contribution in [3.63, 3.8) is 0 Å². The molecule has 0 radical (unpaired) electrons. The molecule has 7 nitrogen and oxygen atoms in total. The van der Waals surface area contributed by atoms with Crippen LogP contribution in [0.25, 0.3) is 0 Å². The number of rotatable bonds is 6. The molecule has 0 unspecified atom stereocenters. The van der Waals surface area contributed by atoms with Gasteiger partial charge in [-0.2, -0.15) is 0 Å². The van der Waals surface area contributed by atoms with Gasteiger partial charge >= 0.3 is 0 Å². The summed E-state index contributed by atoms with van der Waals surface area (Å²) in [5, 5.41) is 5.28. The van der Waals surface area contributed by atoms with E-state index in [1.807, 2.05) is 20.2 Å². The summed E-state index contributed by atoms with van der Waals surface area (Å²) in [7, 11) is 3.69. The fourth-order valence-corrected chi connectivity index (χ4v) is 1.80. The second kappa shape index (κ2) is 7.88. The molecule has 0 aliphatic rings. The predicted octanol–water partition coefficient (Wildman–Crippen LogP) is 0.589. The summed E-state index contributed by atoms with van der Waals surface area (Å²) in [4.78, 5) is 33.8. The number of carbonyl (C=O) groups is 2. The summed E-state index contributed by atoms with van der Waals surface area (Å²) >= 11 is 0. The van der Waals surface area contributed by atoms with E-state index in [-0.39, 0.29) is 24.9 Å². The number of nitrogens with one attached hydrogen (secondary N) is 2. The van der Waals surface area contributed by atoms with Gasteiger partial charge in [0, 0.05) is 25.9 Å². The first-order valence-corrected chi connectivity index (χ1v) is 7.15. The zero-order valence-electron chi connectivity index (χ0n) is 13.1. The number of amides is 2. The van der Waals surface area contributed by atoms with Crippen molar-refractivity contribution < 1.29 is 9.59 Å². The van der Waals surface area contributed by atoms with Gasteiger partial charge in [-0.3, -0.25) is 9.59 Å². The Morgan fingerprint density at radius 2 is 1.83 bits per heavy atom. The van der Waals surface area contributed by atoms with E-state index in [1.165, 1.54) is 0 Å². The predicted molar refractivity (Wildman–Crippen MR) is 87.0 cm³/mol. The van der Waals surface area contributed by atoms with Crippen LogP contribution in [0.2, 0.25) is 0 Å². The third-order valence-electron chi connectivity index (χ3n) is 3.01. The zero-order chi connectivity index (χ0) is 16.7. The van der Waals surface area contributed by atoms with E-state index in [2.05, 4.69) is 20.6 Å². The number of hydrogen-bond donors (Lipinski definition) is 2. The van der Waals surface area contributed by atoms with E-state index in [0.29, 0.717) is 17.2 Å². The van der Waals surface area contributed by atoms with Gasteiger partial charge in [-0.15, -0.1) is 0 Å². The first-order chi connectivity index (χ1) is 11.1. The Morgan fingerprint density at radius 1 is 1.09 bits per heavy atom. The maximum Gasteiger partial charge on any atom is 0.251 e. The molecule has 1 aromatic carbocycles. The second-order valence-corrected chi connectivity index (χ2v) is 5.07. The molecule has 1 heterocycles. The van der Waals surface area contributed by atoms with E-state index >= 15 is 0 Å². The topological polar surface area (TPSA) is 87.2 Å². The number of nitrogens with zero attached hydrogens (tertiary/aromatic N) is 3. The van der Waals surface area contributed by atoms with Crippen LogP contribution >= 0.6 is 0 Å². The number of aromatic nitrogens is 2. The SMILES string of the molecule is CN(C)c1nccc(CNC(=O)CNC(=O)c2ccccc2)n1. The van der Waals surface area contributed by atoms with E-state index < -0.39 is 0 Å². The number of carbonyl (C=O) groups excluding carboxylic acids is 2. The van der Waals surface area contributed by atoms with E-state index in [9.17, 15) is 9.59 Å². The number of benzene rings is 1. The molecule has 0 bridgehead atoms. The normalized spacial score (nSPS) is 10.0. The first kappa shape index (κ1) is 16.4. The van der Waals surface area contributed by atoms with Crippen LogP contribution in [-0.2, 0) is 11.3 Å². The average molecular weight is 313 g/mol. The van der Waals surface area contributed by atoms with Crippen LogP contribution in [0.4, 0.5) is 5.95 Å². The lowest BCUT2D eigenvalue weighted by molar-refractivity contribution is -0.120. The van der Waals surface area contributed by atoms with Crippen LogP contribution in [0.15, 0.2) is 42.6 Å². The van der Waals surface area contributed by atoms with Gasteiger partial charge in [-0.1, -0.05) is 18.2 Å². The first-order valence-electron chi connectivity index (χ1n) is 7.15. The van der Waals surface area contributed by atoms with E-state index in [4.69, 9.17) is 0 Å². The van der Waals surface area contributed by atoms with Gasteiger partial charge in [0.1, 0.15) is 0 Å². The maximum absolute atomic E-state index is 11.8. The Hall–Kier alpha value is -2.96. The third kappa shape index (κ3) is 5.06. The fraction of sp³-hybridized carbons (Fsp3) is 0.250. The van der Waals surface area contributed by atoms with Gasteiger partial charge in [0.2, 0.25) is 11.9 Å². The van der Waals surface area contributed by atoms with Crippen molar-refractivity contribution in [2.24, 2.45) is 0 Å². The minimum atomic E-state index is -0.280. The standard InChI is InChI=1S/C16H19N5O2/c1-21(2)16-17-9-8-13(20-16)10-18-14(22)11-19-15(23)12-6-4-3-5-7-12/h3-9H,10-11H2,1-2H3,(H,18,22)(H,19,23). The van der Waals surface area contributed by atoms with E-state index in [0.717, 1.165) is 0 Å². The molecule has 2 N–H and O–H groups in total. The van der Waals surface area contributed by atoms with Crippen LogP contribution in [0.1, 0.15) is 16.1 Å². The maximum atomic E-state index is 11.8. The molecule has 2 aromatic rings. The van der Waals surface area contributed by atoms with Crippen molar-refractivity contribution in [3.8, 4) is 0 Å². The Labute approximate surface area is 134 Å². The van der Waals surface area contributed by atoms with Crippen LogP contribution in [0.3, 0.4) is 0 Å². The highest BCUT2D eigenvalue weighted by Crippen LogP contribution is 2.03. The number of anilines is 1. The third-order valence-corrected chi connectivity index (χ3v) is 3.01. The Morgan fingerprint density at radius 3 is 2.52 bits per heavy atom. The van der Waals surface area contributed by atoms with Gasteiger partial charge in [-0.25, -0.2) is 9.97 Å². The van der Waals surface area contributed by atoms with Gasteiger partial charge in [0.25, 0.3) is 5.91 Å². The molecule has 23 heavy (non-hydrogen) atoms. The Balaban J connectivity index is 1.79. The molecule has 0 saturated carbocycles. The van der Waals surface area contributed by atoms with Crippen molar-refractivity contribution in [2.75, 3.05) is 25.5 Å². The molecule has 7 heteroatoms. The molecule has 0 fully saturated rings. The summed E-state index contributed by atoms with van der Waals surface area (Å²) in [5.74, 6) is 0.0195. The molecule has 0 aliphatic heterocycles. The van der Waals surface area contributed by atoms with Crippen LogP contribution < -0.4 is 15.5 Å². The van der Waals surface area contributed by atoms with Crippen LogP contribution in [0, 0.1) is 0 Å². The lowest BCUT2D eigenvalue weighted by Crippen LogP contribution is -2.36. The highest BCUT2D eigenvalue weighted by atomic mass is 16.2. The summed E-state index contributed by atoms with van der Waals surface area (Å²) in [5.41, 5.74) is 1.22. The van der Waals surface area contributed by atoms with Crippen LogP contribution in [0.5, 0.6) is 0 Å². The van der Waals surface area contributed by atoms with Gasteiger partial charge < -0.3 is 15.5 Å². The minimum Gasteiger partial charge on any atom is -0.349 e. The average Bonchev–Trinajstić information content (AvgIpc) is 2.58. The number of hydrogen-bond acceptors (Lipinski definition) is 5. The van der Waals surface area contributed by atoms with E-state index in [1.54, 1.807) is 41.4 Å². The molecular weight excluding hydrogens is 294 g/mol. The second-order valence-electron chi connectivity index (χ2n) is 5.07. The smallest absolute Gasteiger partial charge is 0.251 e. The van der Waals surface area contributed by atoms with Gasteiger partial charge in [0.15, 0.2) is 0 Å². The summed E-state index contributed by atoms with van der Waals surface area (Å²) < 4.78 is 0. The Kier molecular flexibility index (Phi) is 5.62. The summed E-state index contributed by atoms with van der Waals surface area (Å²) in [6, 6.07) is 10.5. The van der Waals surface area contributed by atoms with Crippen molar-refractivity contribution >= 4 is 17.8 Å². The van der Waals surface area contributed by atoms with Gasteiger partial charge in [0.05, 0.1) is 18.8 Å². The lowest BCUT2D eigenvalue weighted by Gasteiger charge is -2.11. The van der Waals surface area contributed by atoms with Crippen molar-refractivity contribution in [2.45, 2.75) is 6.54 Å². The minimum absolute atomic E-state index is 0.0840. The highest BCUT2D eigenvalue weighted by Gasteiger charge is 2.08. The molecule has 0 saturated heterocycles. The largest absolute Gasteiger partial charge is 0.349 e. The Bertz CT molecular complexity index is 673. The summed E-state index contributed by atoms with van der Waals surface area (Å²) in [6.07, 6.45) is 1.64. The molecule has 0 atom stereocenters. The van der Waals surface area contributed by atoms with Crippen LogP contribution in [-0.4, -0.2) is 42.4 Å². The molecule has 0 aliphatic carbocycles. The fourth-order valence-electron chi connectivity index (χ4n) is 1.80. The molecular formula is C16H19N5O2. The summed E-state index contributed by atoms with van der Waals surface area (Å²) in [6.45, 7) is 0.197. The quantitative estimate of drug-likeness (QED) is 0.815.